The topological polar surface area (TPSA) is 91.5 Å². The number of benzene rings is 3. The Morgan fingerprint density at radius 3 is 2.27 bits per heavy atom. The van der Waals surface area contributed by atoms with E-state index in [0.717, 1.165) is 17.8 Å². The molecule has 2 N–H and O–H groups in total. The van der Waals surface area contributed by atoms with Crippen LogP contribution in [0.1, 0.15) is 33.9 Å². The minimum atomic E-state index is -4.60. The normalized spacial score (nSPS) is 17.1. The van der Waals surface area contributed by atoms with Gasteiger partial charge in [0, 0.05) is 48.7 Å². The van der Waals surface area contributed by atoms with Gasteiger partial charge in [0.15, 0.2) is 0 Å². The molecule has 0 aliphatic carbocycles. The molecule has 2 aliphatic heterocycles. The van der Waals surface area contributed by atoms with Gasteiger partial charge in [0.1, 0.15) is 5.82 Å². The summed E-state index contributed by atoms with van der Waals surface area (Å²) in [5.41, 5.74) is 6.76. The van der Waals surface area contributed by atoms with Crippen LogP contribution >= 0.6 is 0 Å². The summed E-state index contributed by atoms with van der Waals surface area (Å²) in [6.45, 7) is 1.98. The number of piperazine rings is 1. The molecule has 0 saturated carbocycles. The maximum atomic E-state index is 13.7. The highest BCUT2D eigenvalue weighted by Gasteiger charge is 2.38. The van der Waals surface area contributed by atoms with Crippen molar-refractivity contribution in [3.05, 3.63) is 89.2 Å². The maximum absolute atomic E-state index is 13.7. The van der Waals surface area contributed by atoms with Crippen molar-refractivity contribution in [2.45, 2.75) is 18.6 Å². The molecule has 2 heterocycles. The summed E-state index contributed by atoms with van der Waals surface area (Å²) in [5.74, 6) is -1.27. The number of fused-ring (bicyclic) bond motifs is 1. The number of carbonyl (C=O) groups excluding carboxylic acids is 2. The average Bonchev–Trinajstić information content (AvgIpc) is 2.96. The molecule has 1 fully saturated rings. The van der Waals surface area contributed by atoms with E-state index in [1.54, 1.807) is 23.1 Å². The first-order chi connectivity index (χ1) is 19.5. The minimum Gasteiger partial charge on any atom is -0.469 e. The number of guanidine groups is 1. The number of anilines is 2. The lowest BCUT2D eigenvalue weighted by Crippen LogP contribution is -2.55. The summed E-state index contributed by atoms with van der Waals surface area (Å²) < 4.78 is 59.6. The number of primary amides is 1. The van der Waals surface area contributed by atoms with Crippen LogP contribution in [-0.2, 0) is 15.7 Å². The number of esters is 1. The summed E-state index contributed by atoms with van der Waals surface area (Å²) >= 11 is 0. The lowest BCUT2D eigenvalue weighted by Gasteiger charge is -2.45. The Labute approximate surface area is 233 Å². The second-order valence-electron chi connectivity index (χ2n) is 9.71. The third kappa shape index (κ3) is 5.81. The molecule has 1 amide bonds. The second kappa shape index (κ2) is 11.1. The lowest BCUT2D eigenvalue weighted by molar-refractivity contribution is -0.141. The van der Waals surface area contributed by atoms with Gasteiger partial charge in [0.2, 0.25) is 11.9 Å². The van der Waals surface area contributed by atoms with E-state index in [0.29, 0.717) is 43.4 Å². The Morgan fingerprint density at radius 1 is 0.951 bits per heavy atom. The number of carbonyl (C=O) groups is 2. The number of amides is 1. The van der Waals surface area contributed by atoms with Gasteiger partial charge in [0.05, 0.1) is 30.8 Å². The molecule has 0 aromatic heterocycles. The fraction of sp³-hybridized carbons (Fsp3) is 0.276. The van der Waals surface area contributed by atoms with Crippen LogP contribution < -0.4 is 15.5 Å². The van der Waals surface area contributed by atoms with Gasteiger partial charge in [-0.1, -0.05) is 6.07 Å². The van der Waals surface area contributed by atoms with Gasteiger partial charge in [-0.25, -0.2) is 9.38 Å². The van der Waals surface area contributed by atoms with Crippen molar-refractivity contribution in [2.24, 2.45) is 10.7 Å². The average molecular weight is 570 g/mol. The summed E-state index contributed by atoms with van der Waals surface area (Å²) in [4.78, 5) is 35.0. The molecular formula is C29H27F4N5O3. The number of ether oxygens (including phenoxy) is 1. The number of nitrogens with two attached hydrogens (primary N) is 1. The number of hydrogen-bond donors (Lipinski definition) is 1. The summed E-state index contributed by atoms with van der Waals surface area (Å²) in [6, 6.07) is 14.8. The second-order valence-corrected chi connectivity index (χ2v) is 9.71. The highest BCUT2D eigenvalue weighted by molar-refractivity contribution is 6.02. The Morgan fingerprint density at radius 2 is 1.63 bits per heavy atom. The maximum Gasteiger partial charge on any atom is 0.416 e. The lowest BCUT2D eigenvalue weighted by atomic mass is 9.95. The van der Waals surface area contributed by atoms with Crippen molar-refractivity contribution in [3.8, 4) is 0 Å². The Kier molecular flexibility index (Phi) is 7.57. The predicted molar refractivity (Wildman–Crippen MR) is 146 cm³/mol. The van der Waals surface area contributed by atoms with Crippen LogP contribution in [0.4, 0.5) is 34.6 Å². The molecular weight excluding hydrogens is 542 g/mol. The zero-order valence-corrected chi connectivity index (χ0v) is 22.1. The van der Waals surface area contributed by atoms with E-state index in [1.807, 2.05) is 4.90 Å². The highest BCUT2D eigenvalue weighted by atomic mass is 19.4. The number of rotatable bonds is 5. The quantitative estimate of drug-likeness (QED) is 0.348. The number of alkyl halides is 3. The van der Waals surface area contributed by atoms with Crippen LogP contribution in [-0.4, -0.2) is 56.0 Å². The Hall–Kier alpha value is -4.61. The number of nitrogens with zero attached hydrogens (tertiary/aromatic N) is 4. The van der Waals surface area contributed by atoms with E-state index in [2.05, 4.69) is 4.90 Å². The van der Waals surface area contributed by atoms with E-state index in [1.165, 1.54) is 43.5 Å². The number of methoxy groups -OCH3 is 1. The fourth-order valence-electron chi connectivity index (χ4n) is 5.13. The van der Waals surface area contributed by atoms with Gasteiger partial charge in [-0.3, -0.25) is 9.59 Å². The third-order valence-corrected chi connectivity index (χ3v) is 7.21. The van der Waals surface area contributed by atoms with E-state index in [4.69, 9.17) is 15.5 Å². The first kappa shape index (κ1) is 27.9. The molecule has 8 nitrogen and oxygen atoms in total. The Bertz CT molecular complexity index is 1480. The smallest absolute Gasteiger partial charge is 0.416 e. The monoisotopic (exact) mass is 569 g/mol. The summed E-state index contributed by atoms with van der Waals surface area (Å²) in [5, 5.41) is 0. The van der Waals surface area contributed by atoms with Gasteiger partial charge < -0.3 is 25.2 Å². The molecule has 0 bridgehead atoms. The standard InChI is InChI=1S/C29H27F4N5O3/c1-41-26(39)17-25-23-15-18(27(34)40)5-10-24(23)35-28(38(25)22-4-2-3-19(16-22)29(31,32)33)37-13-11-36(12-14-37)21-8-6-20(30)7-9-21/h2-10,15-16,25H,11-14,17H2,1H3,(H2,34,40). The van der Waals surface area contributed by atoms with Crippen LogP contribution in [0.2, 0.25) is 0 Å². The molecule has 5 rings (SSSR count). The van der Waals surface area contributed by atoms with E-state index >= 15 is 0 Å². The molecule has 12 heteroatoms. The molecule has 1 saturated heterocycles. The zero-order valence-electron chi connectivity index (χ0n) is 22.1. The van der Waals surface area contributed by atoms with Gasteiger partial charge in [0.25, 0.3) is 0 Å². The molecule has 2 aliphatic rings. The SMILES string of the molecule is COC(=O)CC1c2cc(C(N)=O)ccc2N=C(N2CCN(c3ccc(F)cc3)CC2)N1c1cccc(C(F)(F)F)c1. The first-order valence-corrected chi connectivity index (χ1v) is 12.9. The van der Waals surface area contributed by atoms with Crippen molar-refractivity contribution in [1.82, 2.24) is 4.90 Å². The highest BCUT2D eigenvalue weighted by Crippen LogP contribution is 2.42. The van der Waals surface area contributed by atoms with Crippen LogP contribution in [0.5, 0.6) is 0 Å². The van der Waals surface area contributed by atoms with Crippen LogP contribution in [0.15, 0.2) is 71.7 Å². The number of halogens is 4. The van der Waals surface area contributed by atoms with Crippen molar-refractivity contribution < 1.29 is 31.9 Å². The molecule has 0 spiro atoms. The molecule has 0 radical (unpaired) electrons. The third-order valence-electron chi connectivity index (χ3n) is 7.21. The van der Waals surface area contributed by atoms with Crippen LogP contribution in [0, 0.1) is 5.82 Å². The summed E-state index contributed by atoms with van der Waals surface area (Å²) in [7, 11) is 1.23. The predicted octanol–water partition coefficient (Wildman–Crippen LogP) is 4.88. The van der Waals surface area contributed by atoms with E-state index in [-0.39, 0.29) is 23.5 Å². The number of hydrogen-bond acceptors (Lipinski definition) is 7. The van der Waals surface area contributed by atoms with Crippen molar-refractivity contribution in [2.75, 3.05) is 43.1 Å². The van der Waals surface area contributed by atoms with Gasteiger partial charge in [-0.2, -0.15) is 13.2 Å². The van der Waals surface area contributed by atoms with Gasteiger partial charge in [-0.15, -0.1) is 0 Å². The Balaban J connectivity index is 1.59. The van der Waals surface area contributed by atoms with Gasteiger partial charge >= 0.3 is 12.1 Å². The molecule has 214 valence electrons. The molecule has 1 atom stereocenters. The van der Waals surface area contributed by atoms with Crippen LogP contribution in [0.25, 0.3) is 0 Å². The fourth-order valence-corrected chi connectivity index (χ4v) is 5.13. The first-order valence-electron chi connectivity index (χ1n) is 12.9. The molecule has 3 aromatic rings. The van der Waals surface area contributed by atoms with Crippen molar-refractivity contribution in [3.63, 3.8) is 0 Å². The van der Waals surface area contributed by atoms with Crippen molar-refractivity contribution in [1.29, 1.82) is 0 Å². The van der Waals surface area contributed by atoms with Crippen LogP contribution in [0.3, 0.4) is 0 Å². The minimum absolute atomic E-state index is 0.170. The summed E-state index contributed by atoms with van der Waals surface area (Å²) in [6.07, 6.45) is -4.82. The van der Waals surface area contributed by atoms with E-state index in [9.17, 15) is 27.2 Å². The largest absolute Gasteiger partial charge is 0.469 e. The van der Waals surface area contributed by atoms with Crippen molar-refractivity contribution >= 4 is 34.9 Å². The molecule has 3 aromatic carbocycles. The zero-order chi connectivity index (χ0) is 29.3. The van der Waals surface area contributed by atoms with E-state index < -0.39 is 29.7 Å². The van der Waals surface area contributed by atoms with Gasteiger partial charge in [-0.05, 0) is 60.7 Å². The molecule has 41 heavy (non-hydrogen) atoms. The molecule has 1 unspecified atom stereocenters. The number of aliphatic imine (C=N–C) groups is 1.